The van der Waals surface area contributed by atoms with Gasteiger partial charge in [0.15, 0.2) is 0 Å². The zero-order valence-electron chi connectivity index (χ0n) is 7.80. The van der Waals surface area contributed by atoms with E-state index in [1.165, 1.54) is 0 Å². The SMILES string of the molecule is CN(CCCBr)C(=O)c1csc(I)c1. The minimum Gasteiger partial charge on any atom is -0.342 e. The maximum absolute atomic E-state index is 11.8. The number of halogens is 2. The molecule has 0 aromatic carbocycles. The van der Waals surface area contributed by atoms with Crippen molar-refractivity contribution in [3.05, 3.63) is 19.9 Å². The van der Waals surface area contributed by atoms with E-state index in [1.807, 2.05) is 18.5 Å². The fourth-order valence-corrected chi connectivity index (χ4v) is 2.61. The Kier molecular flexibility index (Phi) is 5.40. The van der Waals surface area contributed by atoms with Crippen LogP contribution in [0.1, 0.15) is 16.8 Å². The molecule has 14 heavy (non-hydrogen) atoms. The molecule has 0 aliphatic carbocycles. The molecule has 1 rings (SSSR count). The van der Waals surface area contributed by atoms with Crippen molar-refractivity contribution in [2.24, 2.45) is 0 Å². The van der Waals surface area contributed by atoms with Crippen molar-refractivity contribution in [3.63, 3.8) is 0 Å². The highest BCUT2D eigenvalue weighted by molar-refractivity contribution is 14.1. The molecule has 0 atom stereocenters. The number of carbonyl (C=O) groups is 1. The molecular weight excluding hydrogens is 377 g/mol. The van der Waals surface area contributed by atoms with Gasteiger partial charge in [-0.2, -0.15) is 0 Å². The molecule has 0 fully saturated rings. The van der Waals surface area contributed by atoms with E-state index in [2.05, 4.69) is 38.5 Å². The summed E-state index contributed by atoms with van der Waals surface area (Å²) in [5.41, 5.74) is 0.802. The van der Waals surface area contributed by atoms with Crippen molar-refractivity contribution in [2.45, 2.75) is 6.42 Å². The van der Waals surface area contributed by atoms with Crippen LogP contribution in [0.5, 0.6) is 0 Å². The molecule has 0 aliphatic heterocycles. The fourth-order valence-electron chi connectivity index (χ4n) is 1.04. The zero-order valence-corrected chi connectivity index (χ0v) is 12.4. The van der Waals surface area contributed by atoms with E-state index in [4.69, 9.17) is 0 Å². The van der Waals surface area contributed by atoms with Gasteiger partial charge in [-0.15, -0.1) is 11.3 Å². The lowest BCUT2D eigenvalue weighted by Crippen LogP contribution is -2.27. The average Bonchev–Trinajstić information content (AvgIpc) is 2.60. The average molecular weight is 388 g/mol. The van der Waals surface area contributed by atoms with Crippen molar-refractivity contribution in [1.82, 2.24) is 4.90 Å². The van der Waals surface area contributed by atoms with E-state index in [0.29, 0.717) is 0 Å². The van der Waals surface area contributed by atoms with Crippen LogP contribution in [0.4, 0.5) is 0 Å². The van der Waals surface area contributed by atoms with Crippen LogP contribution in [-0.2, 0) is 0 Å². The van der Waals surface area contributed by atoms with Gasteiger partial charge in [0.25, 0.3) is 5.91 Å². The Balaban J connectivity index is 2.56. The van der Waals surface area contributed by atoms with Crippen LogP contribution < -0.4 is 0 Å². The number of amides is 1. The molecule has 1 heterocycles. The number of nitrogens with zero attached hydrogens (tertiary/aromatic N) is 1. The lowest BCUT2D eigenvalue weighted by molar-refractivity contribution is 0.0796. The Labute approximate surface area is 110 Å². The molecule has 2 nitrogen and oxygen atoms in total. The lowest BCUT2D eigenvalue weighted by atomic mass is 10.3. The quantitative estimate of drug-likeness (QED) is 0.573. The molecule has 0 saturated carbocycles. The predicted octanol–water partition coefficient (Wildman–Crippen LogP) is 3.21. The van der Waals surface area contributed by atoms with Gasteiger partial charge in [-0.3, -0.25) is 4.79 Å². The van der Waals surface area contributed by atoms with Gasteiger partial charge in [-0.05, 0) is 35.1 Å². The summed E-state index contributed by atoms with van der Waals surface area (Å²) < 4.78 is 1.15. The summed E-state index contributed by atoms with van der Waals surface area (Å²) in [4.78, 5) is 13.5. The Morgan fingerprint density at radius 2 is 2.43 bits per heavy atom. The molecule has 0 N–H and O–H groups in total. The summed E-state index contributed by atoms with van der Waals surface area (Å²) >= 11 is 7.18. The molecule has 5 heteroatoms. The minimum atomic E-state index is 0.116. The highest BCUT2D eigenvalue weighted by Crippen LogP contribution is 2.17. The summed E-state index contributed by atoms with van der Waals surface area (Å²) in [6.45, 7) is 0.802. The normalized spacial score (nSPS) is 10.2. The van der Waals surface area contributed by atoms with Crippen LogP contribution >= 0.6 is 49.9 Å². The standard InChI is InChI=1S/C9H11BrINOS/c1-12(4-2-3-10)9(13)7-5-8(11)14-6-7/h5-6H,2-4H2,1H3. The van der Waals surface area contributed by atoms with Crippen molar-refractivity contribution in [3.8, 4) is 0 Å². The van der Waals surface area contributed by atoms with E-state index in [9.17, 15) is 4.79 Å². The first kappa shape index (κ1) is 12.4. The number of thiophene rings is 1. The minimum absolute atomic E-state index is 0.116. The van der Waals surface area contributed by atoms with Crippen LogP contribution in [0.15, 0.2) is 11.4 Å². The zero-order chi connectivity index (χ0) is 10.6. The third kappa shape index (κ3) is 3.51. The summed E-state index contributed by atoms with van der Waals surface area (Å²) in [6, 6.07) is 1.93. The topological polar surface area (TPSA) is 20.3 Å². The van der Waals surface area contributed by atoms with Crippen molar-refractivity contribution >= 4 is 55.8 Å². The molecule has 1 amide bonds. The van der Waals surface area contributed by atoms with Gasteiger partial charge in [0.2, 0.25) is 0 Å². The Bertz CT molecular complexity index is 316. The van der Waals surface area contributed by atoms with Gasteiger partial charge in [0.1, 0.15) is 0 Å². The summed E-state index contributed by atoms with van der Waals surface area (Å²) in [5.74, 6) is 0.116. The van der Waals surface area contributed by atoms with Gasteiger partial charge in [-0.25, -0.2) is 0 Å². The highest BCUT2D eigenvalue weighted by atomic mass is 127. The molecule has 0 unspecified atom stereocenters. The van der Waals surface area contributed by atoms with Crippen molar-refractivity contribution in [2.75, 3.05) is 18.9 Å². The van der Waals surface area contributed by atoms with Crippen LogP contribution in [0.3, 0.4) is 0 Å². The van der Waals surface area contributed by atoms with E-state index in [0.717, 1.165) is 26.7 Å². The third-order valence-corrected chi connectivity index (χ3v) is 4.14. The largest absolute Gasteiger partial charge is 0.342 e. The third-order valence-electron chi connectivity index (χ3n) is 1.79. The number of rotatable bonds is 4. The summed E-state index contributed by atoms with van der Waals surface area (Å²) in [5, 5.41) is 2.85. The highest BCUT2D eigenvalue weighted by Gasteiger charge is 2.12. The van der Waals surface area contributed by atoms with Gasteiger partial charge >= 0.3 is 0 Å². The Morgan fingerprint density at radius 3 is 2.93 bits per heavy atom. The molecule has 78 valence electrons. The Hall–Kier alpha value is 0.380. The Morgan fingerprint density at radius 1 is 1.71 bits per heavy atom. The number of hydrogen-bond donors (Lipinski definition) is 0. The van der Waals surface area contributed by atoms with E-state index >= 15 is 0 Å². The van der Waals surface area contributed by atoms with Crippen LogP contribution in [-0.4, -0.2) is 29.7 Å². The molecule has 0 bridgehead atoms. The van der Waals surface area contributed by atoms with Crippen LogP contribution in [0.25, 0.3) is 0 Å². The second-order valence-electron chi connectivity index (χ2n) is 2.91. The molecule has 0 saturated heterocycles. The molecule has 0 aliphatic rings. The van der Waals surface area contributed by atoms with Gasteiger partial charge < -0.3 is 4.90 Å². The first-order valence-electron chi connectivity index (χ1n) is 4.20. The van der Waals surface area contributed by atoms with Crippen LogP contribution in [0.2, 0.25) is 0 Å². The van der Waals surface area contributed by atoms with Crippen molar-refractivity contribution < 1.29 is 4.79 Å². The number of carbonyl (C=O) groups excluding carboxylic acids is 1. The van der Waals surface area contributed by atoms with Gasteiger partial charge in [-0.1, -0.05) is 15.9 Å². The predicted molar refractivity (Wildman–Crippen MR) is 72.4 cm³/mol. The molecule has 1 aromatic heterocycles. The first-order valence-corrected chi connectivity index (χ1v) is 7.28. The van der Waals surface area contributed by atoms with Gasteiger partial charge in [0.05, 0.1) is 8.45 Å². The van der Waals surface area contributed by atoms with Crippen molar-refractivity contribution in [1.29, 1.82) is 0 Å². The molecular formula is C9H11BrINOS. The fraction of sp³-hybridized carbons (Fsp3) is 0.444. The number of alkyl halides is 1. The maximum atomic E-state index is 11.8. The number of hydrogen-bond acceptors (Lipinski definition) is 2. The lowest BCUT2D eigenvalue weighted by Gasteiger charge is -2.15. The second kappa shape index (κ2) is 6.07. The van der Waals surface area contributed by atoms with E-state index in [-0.39, 0.29) is 5.91 Å². The van der Waals surface area contributed by atoms with E-state index < -0.39 is 0 Å². The van der Waals surface area contributed by atoms with Crippen LogP contribution in [0, 0.1) is 2.88 Å². The molecule has 0 spiro atoms. The van der Waals surface area contributed by atoms with Gasteiger partial charge in [0, 0.05) is 24.3 Å². The smallest absolute Gasteiger partial charge is 0.254 e. The summed E-state index contributed by atoms with van der Waals surface area (Å²) in [7, 11) is 1.84. The molecule has 0 radical (unpaired) electrons. The first-order chi connectivity index (χ1) is 6.65. The second-order valence-corrected chi connectivity index (χ2v) is 6.51. The molecule has 1 aromatic rings. The maximum Gasteiger partial charge on any atom is 0.254 e. The monoisotopic (exact) mass is 387 g/mol. The summed E-state index contributed by atoms with van der Waals surface area (Å²) in [6.07, 6.45) is 0.990. The van der Waals surface area contributed by atoms with E-state index in [1.54, 1.807) is 16.2 Å².